The lowest BCUT2D eigenvalue weighted by Gasteiger charge is -2.50. The highest BCUT2D eigenvalue weighted by molar-refractivity contribution is 5.82. The Morgan fingerprint density at radius 2 is 1.93 bits per heavy atom. The van der Waals surface area contributed by atoms with E-state index in [4.69, 9.17) is 0 Å². The first-order valence-corrected chi connectivity index (χ1v) is 9.66. The van der Waals surface area contributed by atoms with Gasteiger partial charge in [-0.05, 0) is 75.4 Å². The third-order valence-electron chi connectivity index (χ3n) is 5.30. The third-order valence-corrected chi connectivity index (χ3v) is 5.30. The molecule has 2 aromatic rings. The molecule has 0 fully saturated rings. The Balaban J connectivity index is 1.79. The summed E-state index contributed by atoms with van der Waals surface area (Å²) in [4.78, 5) is 12.8. The van der Waals surface area contributed by atoms with Gasteiger partial charge in [0.1, 0.15) is 0 Å². The largest absolute Gasteiger partial charge is 0.364 e. The van der Waals surface area contributed by atoms with E-state index >= 15 is 0 Å². The van der Waals surface area contributed by atoms with Crippen LogP contribution in [0.2, 0.25) is 0 Å². The van der Waals surface area contributed by atoms with Gasteiger partial charge in [0.25, 0.3) is 5.69 Å². The molecule has 0 saturated carbocycles. The van der Waals surface area contributed by atoms with Crippen molar-refractivity contribution < 1.29 is 4.92 Å². The molecule has 0 spiro atoms. The fraction of sp³-hybridized carbons (Fsp3) is 0.409. The van der Waals surface area contributed by atoms with Crippen LogP contribution in [0.5, 0.6) is 0 Å². The Hall–Kier alpha value is -2.89. The lowest BCUT2D eigenvalue weighted by molar-refractivity contribution is -0.384. The molecule has 28 heavy (non-hydrogen) atoms. The van der Waals surface area contributed by atoms with Crippen LogP contribution in [0.3, 0.4) is 0 Å². The Labute approximate surface area is 166 Å². The van der Waals surface area contributed by atoms with E-state index < -0.39 is 4.92 Å². The zero-order chi connectivity index (χ0) is 20.5. The van der Waals surface area contributed by atoms with E-state index in [-0.39, 0.29) is 11.2 Å². The van der Waals surface area contributed by atoms with Crippen molar-refractivity contribution in [1.29, 1.82) is 0 Å². The number of anilines is 2. The molecule has 0 bridgehead atoms. The molecule has 6 nitrogen and oxygen atoms in total. The van der Waals surface area contributed by atoms with E-state index in [1.54, 1.807) is 18.3 Å². The lowest BCUT2D eigenvalue weighted by Crippen LogP contribution is -2.51. The first-order chi connectivity index (χ1) is 13.2. The summed E-state index contributed by atoms with van der Waals surface area (Å²) >= 11 is 0. The number of hydrazone groups is 1. The summed E-state index contributed by atoms with van der Waals surface area (Å²) in [7, 11) is 0. The van der Waals surface area contributed by atoms with Crippen LogP contribution in [0.4, 0.5) is 17.1 Å². The van der Waals surface area contributed by atoms with Gasteiger partial charge in [0.2, 0.25) is 0 Å². The second kappa shape index (κ2) is 7.62. The quantitative estimate of drug-likeness (QED) is 0.420. The van der Waals surface area contributed by atoms with Crippen LogP contribution < -0.4 is 10.3 Å². The van der Waals surface area contributed by atoms with E-state index in [1.807, 2.05) is 0 Å². The minimum Gasteiger partial charge on any atom is -0.364 e. The molecule has 1 heterocycles. The number of nitro groups is 1. The minimum absolute atomic E-state index is 0.0656. The molecule has 3 rings (SSSR count). The molecule has 0 radical (unpaired) electrons. The van der Waals surface area contributed by atoms with Gasteiger partial charge >= 0.3 is 0 Å². The zero-order valence-corrected chi connectivity index (χ0v) is 17.1. The van der Waals surface area contributed by atoms with Crippen LogP contribution in [0.15, 0.2) is 47.6 Å². The first-order valence-electron chi connectivity index (χ1n) is 9.66. The summed E-state index contributed by atoms with van der Waals surface area (Å²) in [6.07, 6.45) is 2.90. The van der Waals surface area contributed by atoms with Gasteiger partial charge in [-0.3, -0.25) is 15.5 Å². The van der Waals surface area contributed by atoms with Crippen LogP contribution in [0.1, 0.15) is 58.1 Å². The molecule has 1 unspecified atom stereocenters. The molecule has 148 valence electrons. The van der Waals surface area contributed by atoms with Gasteiger partial charge < -0.3 is 4.90 Å². The van der Waals surface area contributed by atoms with Crippen LogP contribution >= 0.6 is 0 Å². The molecule has 1 atom stereocenters. The van der Waals surface area contributed by atoms with E-state index in [0.717, 1.165) is 12.0 Å². The highest BCUT2D eigenvalue weighted by Crippen LogP contribution is 2.44. The number of nitrogens with zero attached hydrogens (tertiary/aromatic N) is 3. The maximum atomic E-state index is 10.7. The number of non-ortho nitro benzene ring substituents is 1. The van der Waals surface area contributed by atoms with E-state index in [9.17, 15) is 10.1 Å². The number of benzene rings is 2. The van der Waals surface area contributed by atoms with Gasteiger partial charge in [0.05, 0.1) is 16.8 Å². The predicted molar refractivity (Wildman–Crippen MR) is 115 cm³/mol. The SMILES string of the molecule is CC1CC(C)(C)N(C(C)C)c2ccc(/C=N/Nc3ccc([N+](=O)[O-])cc3)cc21. The smallest absolute Gasteiger partial charge is 0.269 e. The number of rotatable bonds is 5. The van der Waals surface area contributed by atoms with Crippen LogP contribution in [-0.2, 0) is 0 Å². The Morgan fingerprint density at radius 1 is 1.25 bits per heavy atom. The second-order valence-electron chi connectivity index (χ2n) is 8.37. The summed E-state index contributed by atoms with van der Waals surface area (Å²) in [6.45, 7) is 11.4. The third kappa shape index (κ3) is 4.01. The predicted octanol–water partition coefficient (Wildman–Crippen LogP) is 5.54. The fourth-order valence-corrected chi connectivity index (χ4v) is 4.37. The molecular formula is C22H28N4O2. The van der Waals surface area contributed by atoms with Gasteiger partial charge in [0.15, 0.2) is 0 Å². The number of hydrogen-bond donors (Lipinski definition) is 1. The topological polar surface area (TPSA) is 70.8 Å². The normalized spacial score (nSPS) is 18.4. The van der Waals surface area contributed by atoms with Crippen molar-refractivity contribution in [2.45, 2.75) is 58.5 Å². The highest BCUT2D eigenvalue weighted by atomic mass is 16.6. The summed E-state index contributed by atoms with van der Waals surface area (Å²) in [5.74, 6) is 0.482. The van der Waals surface area contributed by atoms with Crippen molar-refractivity contribution in [2.75, 3.05) is 10.3 Å². The van der Waals surface area contributed by atoms with E-state index in [1.165, 1.54) is 23.4 Å². The van der Waals surface area contributed by atoms with Gasteiger partial charge in [0, 0.05) is 29.4 Å². The van der Waals surface area contributed by atoms with Crippen molar-refractivity contribution in [1.82, 2.24) is 0 Å². The molecule has 0 aliphatic carbocycles. The summed E-state index contributed by atoms with van der Waals surface area (Å²) in [5, 5.41) is 15.0. The van der Waals surface area contributed by atoms with Crippen molar-refractivity contribution >= 4 is 23.3 Å². The number of nitro benzene ring substituents is 1. The standard InChI is InChI=1S/C22H28N4O2/c1-15(2)25-21-11-6-17(12-20(21)16(3)13-22(25,4)5)14-23-24-18-7-9-19(10-8-18)26(27)28/h6-12,14-16,24H,13H2,1-5H3/b23-14+. The Kier molecular flexibility index (Phi) is 5.40. The summed E-state index contributed by atoms with van der Waals surface area (Å²) in [5.41, 5.74) is 7.52. The summed E-state index contributed by atoms with van der Waals surface area (Å²) < 4.78 is 0. The molecule has 1 aliphatic heterocycles. The molecular weight excluding hydrogens is 352 g/mol. The van der Waals surface area contributed by atoms with Crippen LogP contribution in [0.25, 0.3) is 0 Å². The van der Waals surface area contributed by atoms with Gasteiger partial charge in [-0.2, -0.15) is 5.10 Å². The number of hydrogen-bond acceptors (Lipinski definition) is 5. The molecule has 2 aromatic carbocycles. The second-order valence-corrected chi connectivity index (χ2v) is 8.37. The highest BCUT2D eigenvalue weighted by Gasteiger charge is 2.37. The maximum Gasteiger partial charge on any atom is 0.269 e. The van der Waals surface area contributed by atoms with E-state index in [2.05, 4.69) is 68.2 Å². The molecule has 0 amide bonds. The summed E-state index contributed by atoms with van der Waals surface area (Å²) in [6, 6.07) is 13.1. The molecule has 0 saturated heterocycles. The fourth-order valence-electron chi connectivity index (χ4n) is 4.37. The molecule has 0 aromatic heterocycles. The maximum absolute atomic E-state index is 10.7. The molecule has 1 aliphatic rings. The van der Waals surface area contributed by atoms with Crippen LogP contribution in [-0.4, -0.2) is 22.7 Å². The zero-order valence-electron chi connectivity index (χ0n) is 17.1. The van der Waals surface area contributed by atoms with Gasteiger partial charge in [-0.15, -0.1) is 0 Å². The number of fused-ring (bicyclic) bond motifs is 1. The number of nitrogens with one attached hydrogen (secondary N) is 1. The average Bonchev–Trinajstić information content (AvgIpc) is 2.61. The molecule has 6 heteroatoms. The lowest BCUT2D eigenvalue weighted by atomic mass is 9.79. The van der Waals surface area contributed by atoms with Crippen LogP contribution in [0, 0.1) is 10.1 Å². The average molecular weight is 380 g/mol. The minimum atomic E-state index is -0.414. The van der Waals surface area contributed by atoms with Gasteiger partial charge in [-0.1, -0.05) is 13.0 Å². The van der Waals surface area contributed by atoms with Crippen molar-refractivity contribution in [2.24, 2.45) is 5.10 Å². The monoisotopic (exact) mass is 380 g/mol. The Morgan fingerprint density at radius 3 is 2.54 bits per heavy atom. The Bertz CT molecular complexity index is 888. The van der Waals surface area contributed by atoms with Crippen molar-refractivity contribution in [3.05, 3.63) is 63.7 Å². The van der Waals surface area contributed by atoms with Crippen molar-refractivity contribution in [3.63, 3.8) is 0 Å². The van der Waals surface area contributed by atoms with Crippen molar-refractivity contribution in [3.8, 4) is 0 Å². The molecule has 1 N–H and O–H groups in total. The first kappa shape index (κ1) is 19.9. The van der Waals surface area contributed by atoms with E-state index in [0.29, 0.717) is 17.6 Å². The van der Waals surface area contributed by atoms with Gasteiger partial charge in [-0.25, -0.2) is 0 Å².